The third-order valence-corrected chi connectivity index (χ3v) is 6.48. The van der Waals surface area contributed by atoms with Gasteiger partial charge in [0.2, 0.25) is 0 Å². The van der Waals surface area contributed by atoms with Gasteiger partial charge in [-0.05, 0) is 36.8 Å². The lowest BCUT2D eigenvalue weighted by Crippen LogP contribution is -2.26. The Balaban J connectivity index is 1.84. The first-order valence-electron chi connectivity index (χ1n) is 8.27. The van der Waals surface area contributed by atoms with E-state index in [1.165, 1.54) is 50.6 Å². The quantitative estimate of drug-likeness (QED) is 0.585. The topological polar surface area (TPSA) is 12.9 Å². The third kappa shape index (κ3) is 4.31. The second-order valence-electron chi connectivity index (χ2n) is 6.41. The average Bonchev–Trinajstić information content (AvgIpc) is 2.53. The molecule has 0 bridgehead atoms. The van der Waals surface area contributed by atoms with Crippen molar-refractivity contribution in [1.29, 1.82) is 0 Å². The van der Waals surface area contributed by atoms with E-state index in [-0.39, 0.29) is 0 Å². The van der Waals surface area contributed by atoms with Crippen LogP contribution in [0.1, 0.15) is 70.4 Å². The maximum Gasteiger partial charge on any atom is 0.0442 e. The van der Waals surface area contributed by atoms with Crippen molar-refractivity contribution in [3.05, 3.63) is 30.1 Å². The van der Waals surface area contributed by atoms with E-state index >= 15 is 0 Å². The molecule has 1 nitrogen and oxygen atoms in total. The van der Waals surface area contributed by atoms with Crippen molar-refractivity contribution >= 4 is 15.9 Å². The van der Waals surface area contributed by atoms with E-state index in [0.717, 1.165) is 11.8 Å². The molecule has 1 aromatic heterocycles. The molecule has 1 aliphatic carbocycles. The number of hydrogen-bond donors (Lipinski definition) is 0. The fraction of sp³-hybridized carbons (Fsp3) is 0.722. The van der Waals surface area contributed by atoms with E-state index < -0.39 is 0 Å². The smallest absolute Gasteiger partial charge is 0.0442 e. The lowest BCUT2D eigenvalue weighted by molar-refractivity contribution is 0.249. The van der Waals surface area contributed by atoms with Gasteiger partial charge in [0, 0.05) is 22.6 Å². The molecule has 1 fully saturated rings. The molecule has 0 spiro atoms. The van der Waals surface area contributed by atoms with Crippen LogP contribution in [0, 0.1) is 11.8 Å². The van der Waals surface area contributed by atoms with Crippen LogP contribution in [0.5, 0.6) is 0 Å². The van der Waals surface area contributed by atoms with Crippen LogP contribution >= 0.6 is 15.9 Å². The predicted molar refractivity (Wildman–Crippen MR) is 90.3 cm³/mol. The van der Waals surface area contributed by atoms with Gasteiger partial charge in [0.05, 0.1) is 0 Å². The number of hydrogen-bond acceptors (Lipinski definition) is 1. The fourth-order valence-electron chi connectivity index (χ4n) is 3.50. The second-order valence-corrected chi connectivity index (χ2v) is 7.47. The number of alkyl halides is 1. The minimum atomic E-state index is 0.508. The molecule has 1 aromatic rings. The van der Waals surface area contributed by atoms with E-state index in [0.29, 0.717) is 10.7 Å². The summed E-state index contributed by atoms with van der Waals surface area (Å²) >= 11 is 3.97. The highest BCUT2D eigenvalue weighted by Gasteiger charge is 2.30. The summed E-state index contributed by atoms with van der Waals surface area (Å²) in [5, 5.41) is 0. The molecule has 0 radical (unpaired) electrons. The molecule has 1 saturated carbocycles. The first-order valence-corrected chi connectivity index (χ1v) is 9.19. The molecule has 0 saturated heterocycles. The highest BCUT2D eigenvalue weighted by molar-refractivity contribution is 9.09. The number of pyridine rings is 1. The molecule has 20 heavy (non-hydrogen) atoms. The maximum absolute atomic E-state index is 4.52. The molecule has 2 rings (SSSR count). The molecule has 2 heteroatoms. The summed E-state index contributed by atoms with van der Waals surface area (Å²) < 4.78 is 0. The first-order chi connectivity index (χ1) is 9.72. The van der Waals surface area contributed by atoms with Gasteiger partial charge in [-0.2, -0.15) is 0 Å². The zero-order valence-corrected chi connectivity index (χ0v) is 14.5. The third-order valence-electron chi connectivity index (χ3n) is 4.94. The highest BCUT2D eigenvalue weighted by atomic mass is 79.9. The molecular weight excluding hydrogens is 310 g/mol. The van der Waals surface area contributed by atoms with Gasteiger partial charge in [0.1, 0.15) is 0 Å². The first kappa shape index (κ1) is 16.0. The van der Waals surface area contributed by atoms with Gasteiger partial charge in [0.15, 0.2) is 0 Å². The minimum absolute atomic E-state index is 0.508. The standard InChI is InChI=1S/C18H28BrN/c1-3-4-7-15-9-11-16(12-10-15)18(19)14(2)17-8-5-6-13-20-17/h5-6,8,13-16,18H,3-4,7,9-12H2,1-2H3. The summed E-state index contributed by atoms with van der Waals surface area (Å²) in [6.07, 6.45) is 11.8. The largest absolute Gasteiger partial charge is 0.261 e. The molecule has 0 aromatic carbocycles. The van der Waals surface area contributed by atoms with Crippen LogP contribution in [0.25, 0.3) is 0 Å². The van der Waals surface area contributed by atoms with Gasteiger partial charge in [-0.25, -0.2) is 0 Å². The molecular formula is C18H28BrN. The van der Waals surface area contributed by atoms with E-state index in [2.05, 4.69) is 46.9 Å². The van der Waals surface area contributed by atoms with Gasteiger partial charge in [0.25, 0.3) is 0 Å². The second kappa shape index (κ2) is 8.17. The maximum atomic E-state index is 4.52. The van der Waals surface area contributed by atoms with Crippen LogP contribution in [-0.4, -0.2) is 9.81 Å². The number of aromatic nitrogens is 1. The van der Waals surface area contributed by atoms with Crippen molar-refractivity contribution in [3.63, 3.8) is 0 Å². The Morgan fingerprint density at radius 2 is 2.00 bits per heavy atom. The minimum Gasteiger partial charge on any atom is -0.261 e. The molecule has 2 unspecified atom stereocenters. The summed E-state index contributed by atoms with van der Waals surface area (Å²) in [5.74, 6) is 2.33. The van der Waals surface area contributed by atoms with Crippen LogP contribution in [0.2, 0.25) is 0 Å². The van der Waals surface area contributed by atoms with Crippen molar-refractivity contribution in [2.45, 2.75) is 69.5 Å². The van der Waals surface area contributed by atoms with Crippen LogP contribution < -0.4 is 0 Å². The Bertz CT molecular complexity index is 370. The average molecular weight is 338 g/mol. The van der Waals surface area contributed by atoms with E-state index in [9.17, 15) is 0 Å². The van der Waals surface area contributed by atoms with E-state index in [1.807, 2.05) is 12.3 Å². The Morgan fingerprint density at radius 1 is 1.25 bits per heavy atom. The van der Waals surface area contributed by atoms with Crippen molar-refractivity contribution in [3.8, 4) is 0 Å². The normalized spacial score (nSPS) is 26.1. The Hall–Kier alpha value is -0.370. The van der Waals surface area contributed by atoms with Crippen LogP contribution in [0.4, 0.5) is 0 Å². The van der Waals surface area contributed by atoms with Gasteiger partial charge in [-0.1, -0.05) is 67.9 Å². The van der Waals surface area contributed by atoms with Gasteiger partial charge in [-0.3, -0.25) is 4.98 Å². The van der Waals surface area contributed by atoms with Crippen molar-refractivity contribution in [1.82, 2.24) is 4.98 Å². The van der Waals surface area contributed by atoms with Crippen LogP contribution in [0.15, 0.2) is 24.4 Å². The summed E-state index contributed by atoms with van der Waals surface area (Å²) in [4.78, 5) is 5.09. The van der Waals surface area contributed by atoms with Crippen LogP contribution in [0.3, 0.4) is 0 Å². The highest BCUT2D eigenvalue weighted by Crippen LogP contribution is 2.40. The summed E-state index contributed by atoms with van der Waals surface area (Å²) in [5.41, 5.74) is 1.22. The van der Waals surface area contributed by atoms with Crippen molar-refractivity contribution < 1.29 is 0 Å². The van der Waals surface area contributed by atoms with E-state index in [1.54, 1.807) is 0 Å². The van der Waals surface area contributed by atoms with Gasteiger partial charge >= 0.3 is 0 Å². The number of halogens is 1. The Morgan fingerprint density at radius 3 is 2.60 bits per heavy atom. The number of rotatable bonds is 6. The van der Waals surface area contributed by atoms with Crippen molar-refractivity contribution in [2.75, 3.05) is 0 Å². The molecule has 2 atom stereocenters. The molecule has 0 aliphatic heterocycles. The van der Waals surface area contributed by atoms with E-state index in [4.69, 9.17) is 0 Å². The molecule has 1 heterocycles. The summed E-state index contributed by atoms with van der Waals surface area (Å²) in [6, 6.07) is 6.25. The fourth-order valence-corrected chi connectivity index (χ4v) is 4.30. The monoisotopic (exact) mass is 337 g/mol. The zero-order valence-electron chi connectivity index (χ0n) is 12.9. The summed E-state index contributed by atoms with van der Waals surface area (Å²) in [7, 11) is 0. The number of nitrogens with zero attached hydrogens (tertiary/aromatic N) is 1. The SMILES string of the molecule is CCCCC1CCC(C(Br)C(C)c2ccccn2)CC1. The predicted octanol–water partition coefficient (Wildman–Crippen LogP) is 5.95. The van der Waals surface area contributed by atoms with Gasteiger partial charge < -0.3 is 0 Å². The van der Waals surface area contributed by atoms with Gasteiger partial charge in [-0.15, -0.1) is 0 Å². The lowest BCUT2D eigenvalue weighted by Gasteiger charge is -2.34. The zero-order chi connectivity index (χ0) is 14.4. The molecule has 1 aliphatic rings. The Labute approximate surface area is 132 Å². The lowest BCUT2D eigenvalue weighted by atomic mass is 9.76. The van der Waals surface area contributed by atoms with Crippen molar-refractivity contribution in [2.24, 2.45) is 11.8 Å². The summed E-state index contributed by atoms with van der Waals surface area (Å²) in [6.45, 7) is 4.61. The molecule has 112 valence electrons. The van der Waals surface area contributed by atoms with Crippen LogP contribution in [-0.2, 0) is 0 Å². The Kier molecular flexibility index (Phi) is 6.54. The molecule has 0 N–H and O–H groups in total. The molecule has 0 amide bonds. The number of unbranched alkanes of at least 4 members (excludes halogenated alkanes) is 1.